The van der Waals surface area contributed by atoms with Crippen LogP contribution in [-0.2, 0) is 21.1 Å². The Balaban J connectivity index is 3.32. The van der Waals surface area contributed by atoms with Gasteiger partial charge in [0.25, 0.3) is 0 Å². The first-order chi connectivity index (χ1) is 6.88. The van der Waals surface area contributed by atoms with Crippen molar-refractivity contribution in [1.82, 2.24) is 4.72 Å². The van der Waals surface area contributed by atoms with Gasteiger partial charge in [0.2, 0.25) is 10.0 Å². The SMILES string of the molecule is CNS(=O)(=O)c1ccc(S(=O)O)cc1C. The molecule has 0 saturated carbocycles. The van der Waals surface area contributed by atoms with E-state index in [1.807, 2.05) is 0 Å². The first kappa shape index (κ1) is 12.3. The van der Waals surface area contributed by atoms with Gasteiger partial charge in [-0.05, 0) is 37.7 Å². The number of hydrogen-bond acceptors (Lipinski definition) is 3. The van der Waals surface area contributed by atoms with Crippen LogP contribution in [0.1, 0.15) is 5.56 Å². The van der Waals surface area contributed by atoms with Crippen LogP contribution in [0.2, 0.25) is 0 Å². The van der Waals surface area contributed by atoms with E-state index in [1.165, 1.54) is 25.2 Å². The Morgan fingerprint density at radius 1 is 1.40 bits per heavy atom. The van der Waals surface area contributed by atoms with Gasteiger partial charge in [0.05, 0.1) is 9.79 Å². The largest absolute Gasteiger partial charge is 0.302 e. The Bertz CT molecular complexity index is 495. The highest BCUT2D eigenvalue weighted by atomic mass is 32.2. The number of hydrogen-bond donors (Lipinski definition) is 2. The zero-order chi connectivity index (χ0) is 11.6. The van der Waals surface area contributed by atoms with Gasteiger partial charge >= 0.3 is 0 Å². The number of sulfonamides is 1. The molecule has 15 heavy (non-hydrogen) atoms. The summed E-state index contributed by atoms with van der Waals surface area (Å²) in [5, 5.41) is 0. The van der Waals surface area contributed by atoms with E-state index in [0.717, 1.165) is 0 Å². The van der Waals surface area contributed by atoms with E-state index in [1.54, 1.807) is 6.92 Å². The van der Waals surface area contributed by atoms with Gasteiger partial charge in [-0.3, -0.25) is 0 Å². The van der Waals surface area contributed by atoms with Crippen molar-refractivity contribution in [2.75, 3.05) is 7.05 Å². The molecule has 0 spiro atoms. The summed E-state index contributed by atoms with van der Waals surface area (Å²) in [5.74, 6) is 0. The molecule has 0 saturated heterocycles. The topological polar surface area (TPSA) is 83.5 Å². The molecule has 0 aliphatic rings. The molecule has 0 aliphatic heterocycles. The first-order valence-corrected chi connectivity index (χ1v) is 6.62. The van der Waals surface area contributed by atoms with E-state index < -0.39 is 21.1 Å². The molecule has 1 unspecified atom stereocenters. The first-order valence-electron chi connectivity index (χ1n) is 4.03. The average Bonchev–Trinajstić information content (AvgIpc) is 2.17. The third-order valence-electron chi connectivity index (χ3n) is 1.91. The highest BCUT2D eigenvalue weighted by Gasteiger charge is 2.15. The maximum absolute atomic E-state index is 11.5. The Hall–Kier alpha value is -0.760. The number of rotatable bonds is 3. The second kappa shape index (κ2) is 4.40. The van der Waals surface area contributed by atoms with Crippen LogP contribution in [0.25, 0.3) is 0 Å². The molecule has 0 heterocycles. The predicted octanol–water partition coefficient (Wildman–Crippen LogP) is 0.484. The van der Waals surface area contributed by atoms with E-state index in [-0.39, 0.29) is 9.79 Å². The Morgan fingerprint density at radius 2 is 2.00 bits per heavy atom. The van der Waals surface area contributed by atoms with Crippen molar-refractivity contribution in [1.29, 1.82) is 0 Å². The minimum Gasteiger partial charge on any atom is -0.302 e. The summed E-state index contributed by atoms with van der Waals surface area (Å²) in [5.41, 5.74) is 0.434. The van der Waals surface area contributed by atoms with Crippen molar-refractivity contribution >= 4 is 21.1 Å². The molecule has 1 atom stereocenters. The van der Waals surface area contributed by atoms with E-state index in [0.29, 0.717) is 5.56 Å². The van der Waals surface area contributed by atoms with Gasteiger partial charge in [-0.1, -0.05) is 0 Å². The summed E-state index contributed by atoms with van der Waals surface area (Å²) >= 11 is -2.09. The predicted molar refractivity (Wildman–Crippen MR) is 56.5 cm³/mol. The van der Waals surface area contributed by atoms with Crippen molar-refractivity contribution in [2.45, 2.75) is 16.7 Å². The minimum atomic E-state index is -3.50. The lowest BCUT2D eigenvalue weighted by Crippen LogP contribution is -2.19. The van der Waals surface area contributed by atoms with Crippen LogP contribution in [0.15, 0.2) is 28.0 Å². The number of aryl methyl sites for hydroxylation is 1. The third kappa shape index (κ3) is 2.63. The van der Waals surface area contributed by atoms with Crippen LogP contribution in [-0.4, -0.2) is 24.2 Å². The number of benzene rings is 1. The fraction of sp³-hybridized carbons (Fsp3) is 0.250. The standard InChI is InChI=1S/C8H11NO4S2/c1-6-5-7(14(10)11)3-4-8(6)15(12,13)9-2/h3-5,9H,1-2H3,(H,10,11). The highest BCUT2D eigenvalue weighted by molar-refractivity contribution is 7.89. The molecule has 7 heteroatoms. The molecule has 1 aromatic carbocycles. The maximum Gasteiger partial charge on any atom is 0.240 e. The quantitative estimate of drug-likeness (QED) is 0.763. The van der Waals surface area contributed by atoms with E-state index in [2.05, 4.69) is 4.72 Å². The molecule has 0 aromatic heterocycles. The molecule has 5 nitrogen and oxygen atoms in total. The molecule has 84 valence electrons. The van der Waals surface area contributed by atoms with Gasteiger partial charge in [0, 0.05) is 0 Å². The van der Waals surface area contributed by atoms with Gasteiger partial charge in [0.1, 0.15) is 0 Å². The van der Waals surface area contributed by atoms with E-state index in [9.17, 15) is 12.6 Å². The second-order valence-electron chi connectivity index (χ2n) is 2.88. The lowest BCUT2D eigenvalue weighted by atomic mass is 10.2. The second-order valence-corrected chi connectivity index (χ2v) is 5.71. The molecule has 0 fully saturated rings. The lowest BCUT2D eigenvalue weighted by Gasteiger charge is -2.06. The number of nitrogens with one attached hydrogen (secondary N) is 1. The summed E-state index contributed by atoms with van der Waals surface area (Å²) in [7, 11) is -2.19. The van der Waals surface area contributed by atoms with E-state index in [4.69, 9.17) is 4.55 Å². The fourth-order valence-electron chi connectivity index (χ4n) is 1.14. The summed E-state index contributed by atoms with van der Waals surface area (Å²) in [6, 6.07) is 4.00. The van der Waals surface area contributed by atoms with Crippen molar-refractivity contribution in [3.8, 4) is 0 Å². The van der Waals surface area contributed by atoms with Crippen LogP contribution < -0.4 is 4.72 Å². The average molecular weight is 249 g/mol. The molecule has 2 N–H and O–H groups in total. The zero-order valence-corrected chi connectivity index (χ0v) is 9.85. The van der Waals surface area contributed by atoms with Crippen molar-refractivity contribution < 1.29 is 17.2 Å². The van der Waals surface area contributed by atoms with Gasteiger partial charge in [-0.25, -0.2) is 17.3 Å². The minimum absolute atomic E-state index is 0.110. The van der Waals surface area contributed by atoms with Crippen molar-refractivity contribution in [3.05, 3.63) is 23.8 Å². The van der Waals surface area contributed by atoms with Gasteiger partial charge in [0.15, 0.2) is 11.1 Å². The van der Waals surface area contributed by atoms with E-state index >= 15 is 0 Å². The smallest absolute Gasteiger partial charge is 0.240 e. The third-order valence-corrected chi connectivity index (χ3v) is 4.14. The summed E-state index contributed by atoms with van der Waals surface area (Å²) in [6.45, 7) is 1.57. The van der Waals surface area contributed by atoms with Crippen LogP contribution in [0.4, 0.5) is 0 Å². The van der Waals surface area contributed by atoms with Crippen LogP contribution in [0.5, 0.6) is 0 Å². The van der Waals surface area contributed by atoms with Crippen molar-refractivity contribution in [3.63, 3.8) is 0 Å². The lowest BCUT2D eigenvalue weighted by molar-refractivity contribution is 0.563. The molecule has 1 aromatic rings. The zero-order valence-electron chi connectivity index (χ0n) is 8.22. The Kier molecular flexibility index (Phi) is 3.61. The van der Waals surface area contributed by atoms with Gasteiger partial charge < -0.3 is 4.55 Å². The normalized spacial score (nSPS) is 13.8. The Labute approximate surface area is 90.8 Å². The summed E-state index contributed by atoms with van der Waals surface area (Å²) in [4.78, 5) is 0.293. The summed E-state index contributed by atoms with van der Waals surface area (Å²) in [6.07, 6.45) is 0. The maximum atomic E-state index is 11.5. The van der Waals surface area contributed by atoms with Crippen molar-refractivity contribution in [2.24, 2.45) is 0 Å². The van der Waals surface area contributed by atoms with Gasteiger partial charge in [-0.2, -0.15) is 0 Å². The molecule has 0 bridgehead atoms. The highest BCUT2D eigenvalue weighted by Crippen LogP contribution is 2.17. The Morgan fingerprint density at radius 3 is 2.40 bits per heavy atom. The molecule has 0 radical (unpaired) electrons. The fourth-order valence-corrected chi connectivity index (χ4v) is 2.55. The monoisotopic (exact) mass is 249 g/mol. The van der Waals surface area contributed by atoms with Crippen LogP contribution >= 0.6 is 0 Å². The summed E-state index contributed by atoms with van der Waals surface area (Å²) < 4.78 is 44.6. The van der Waals surface area contributed by atoms with Crippen LogP contribution in [0, 0.1) is 6.92 Å². The van der Waals surface area contributed by atoms with Crippen LogP contribution in [0.3, 0.4) is 0 Å². The molecular formula is C8H11NO4S2. The molecule has 0 amide bonds. The van der Waals surface area contributed by atoms with Gasteiger partial charge in [-0.15, -0.1) is 0 Å². The molecular weight excluding hydrogens is 238 g/mol. The molecule has 1 rings (SSSR count). The molecule has 0 aliphatic carbocycles.